The van der Waals surface area contributed by atoms with E-state index in [0.29, 0.717) is 33.6 Å². The van der Waals surface area contributed by atoms with Gasteiger partial charge in [0.05, 0.1) is 24.0 Å². The second-order valence-corrected chi connectivity index (χ2v) is 9.61. The molecule has 1 saturated carbocycles. The van der Waals surface area contributed by atoms with Crippen molar-refractivity contribution in [2.24, 2.45) is 7.05 Å². The van der Waals surface area contributed by atoms with Crippen LogP contribution in [0, 0.1) is 25.2 Å². The summed E-state index contributed by atoms with van der Waals surface area (Å²) in [4.78, 5) is 0. The number of aryl methyl sites for hydroxylation is 3. The number of pyridine rings is 1. The van der Waals surface area contributed by atoms with Crippen molar-refractivity contribution in [3.8, 4) is 28.5 Å². The van der Waals surface area contributed by atoms with E-state index in [1.54, 1.807) is 12.1 Å². The quantitative estimate of drug-likeness (QED) is 0.256. The van der Waals surface area contributed by atoms with Gasteiger partial charge in [0.1, 0.15) is 18.2 Å². The number of hydrogen-bond donors (Lipinski definition) is 0. The molecule has 3 nitrogen and oxygen atoms in total. The van der Waals surface area contributed by atoms with Gasteiger partial charge in [0.2, 0.25) is 5.69 Å². The molecule has 0 spiro atoms. The van der Waals surface area contributed by atoms with Crippen molar-refractivity contribution in [2.75, 3.05) is 0 Å². The largest absolute Gasteiger partial charge is 0.454 e. The standard InChI is InChI=1S/C32H29N2O/c1-20-17-21(2)29-30-25(19-33)13-14-26(23-11-5-4-6-12-23)31(30)35-32(29)28(20)27-18-24(15-16-34(27)3)22-9-7-8-10-22/h4-6,11-18,22H,7-10H2,1-3H3/q+1/i4D,5D,6D,11D,12D. The van der Waals surface area contributed by atoms with Crippen LogP contribution in [0.4, 0.5) is 0 Å². The van der Waals surface area contributed by atoms with Crippen molar-refractivity contribution in [1.29, 1.82) is 5.26 Å². The summed E-state index contributed by atoms with van der Waals surface area (Å²) in [5.41, 5.74) is 7.03. The van der Waals surface area contributed by atoms with Crippen LogP contribution in [0.2, 0.25) is 0 Å². The van der Waals surface area contributed by atoms with E-state index in [9.17, 15) is 5.26 Å². The minimum Gasteiger partial charge on any atom is -0.454 e. The van der Waals surface area contributed by atoms with Crippen molar-refractivity contribution >= 4 is 21.9 Å². The smallest absolute Gasteiger partial charge is 0.216 e. The van der Waals surface area contributed by atoms with Gasteiger partial charge in [-0.1, -0.05) is 49.1 Å². The zero-order valence-corrected chi connectivity index (χ0v) is 20.2. The molecule has 0 unspecified atom stereocenters. The van der Waals surface area contributed by atoms with E-state index in [0.717, 1.165) is 27.8 Å². The van der Waals surface area contributed by atoms with Crippen molar-refractivity contribution in [2.45, 2.75) is 45.4 Å². The molecule has 0 atom stereocenters. The SMILES string of the molecule is [2H]c1c([2H])c([2H])c(-c2ccc(C#N)c3c2oc2c(-c4cc(C5CCCC5)cc[n+]4C)c(C)cc(C)c23)c([2H])c1[2H]. The second kappa shape index (κ2) is 8.40. The Bertz CT molecular complexity index is 1880. The first-order valence-electron chi connectivity index (χ1n) is 14.6. The number of aromatic nitrogens is 1. The first kappa shape index (κ1) is 16.7. The number of benzene rings is 3. The van der Waals surface area contributed by atoms with Crippen LogP contribution in [0.3, 0.4) is 0 Å². The Morgan fingerprint density at radius 3 is 2.49 bits per heavy atom. The molecule has 0 radical (unpaired) electrons. The lowest BCUT2D eigenvalue weighted by Gasteiger charge is -2.12. The lowest BCUT2D eigenvalue weighted by atomic mass is 9.92. The molecule has 5 aromatic rings. The summed E-state index contributed by atoms with van der Waals surface area (Å²) in [7, 11) is 2.01. The number of furan rings is 1. The van der Waals surface area contributed by atoms with Gasteiger partial charge < -0.3 is 4.42 Å². The van der Waals surface area contributed by atoms with Crippen LogP contribution in [0.5, 0.6) is 0 Å². The molecule has 2 aromatic heterocycles. The maximum Gasteiger partial charge on any atom is 0.216 e. The molecule has 35 heavy (non-hydrogen) atoms. The van der Waals surface area contributed by atoms with Crippen LogP contribution in [0.15, 0.2) is 71.2 Å². The van der Waals surface area contributed by atoms with Crippen LogP contribution < -0.4 is 4.57 Å². The Morgan fingerprint density at radius 1 is 0.971 bits per heavy atom. The van der Waals surface area contributed by atoms with Gasteiger partial charge in [-0.25, -0.2) is 4.57 Å². The number of hydrogen-bond acceptors (Lipinski definition) is 2. The van der Waals surface area contributed by atoms with Crippen LogP contribution in [-0.4, -0.2) is 0 Å². The monoisotopic (exact) mass is 462 g/mol. The molecule has 0 amide bonds. The average molecular weight is 463 g/mol. The molecule has 3 aromatic carbocycles. The lowest BCUT2D eigenvalue weighted by molar-refractivity contribution is -0.660. The normalized spacial score (nSPS) is 16.1. The first-order chi connectivity index (χ1) is 19.1. The van der Waals surface area contributed by atoms with Gasteiger partial charge in [0, 0.05) is 28.5 Å². The summed E-state index contributed by atoms with van der Waals surface area (Å²) >= 11 is 0. The summed E-state index contributed by atoms with van der Waals surface area (Å²) in [5, 5.41) is 11.5. The van der Waals surface area contributed by atoms with Gasteiger partial charge in [-0.15, -0.1) is 0 Å². The highest BCUT2D eigenvalue weighted by Crippen LogP contribution is 2.44. The van der Waals surface area contributed by atoms with Crippen LogP contribution in [0.25, 0.3) is 44.3 Å². The number of nitrogens with zero attached hydrogens (tertiary/aromatic N) is 2. The third-order valence-corrected chi connectivity index (χ3v) is 7.43. The fourth-order valence-electron chi connectivity index (χ4n) is 5.74. The van der Waals surface area contributed by atoms with Gasteiger partial charge >= 0.3 is 0 Å². The van der Waals surface area contributed by atoms with Gasteiger partial charge in [0.15, 0.2) is 6.20 Å². The molecule has 0 bridgehead atoms. The van der Waals surface area contributed by atoms with Gasteiger partial charge in [-0.3, -0.25) is 0 Å². The summed E-state index contributed by atoms with van der Waals surface area (Å²) in [6.45, 7) is 4.04. The van der Waals surface area contributed by atoms with Crippen LogP contribution in [0.1, 0.15) is 60.7 Å². The molecule has 3 heteroatoms. The highest BCUT2D eigenvalue weighted by atomic mass is 16.3. The Hall–Kier alpha value is -3.90. The highest BCUT2D eigenvalue weighted by molar-refractivity contribution is 6.16. The molecule has 1 aliphatic carbocycles. The molecule has 0 saturated heterocycles. The molecule has 0 N–H and O–H groups in total. The zero-order valence-electron chi connectivity index (χ0n) is 25.2. The van der Waals surface area contributed by atoms with E-state index < -0.39 is 18.1 Å². The maximum atomic E-state index is 10.1. The van der Waals surface area contributed by atoms with Crippen molar-refractivity contribution < 1.29 is 15.8 Å². The summed E-state index contributed by atoms with van der Waals surface area (Å²) < 4.78 is 50.4. The maximum absolute atomic E-state index is 10.1. The molecular weight excluding hydrogens is 428 g/mol. The molecule has 6 rings (SSSR count). The Morgan fingerprint density at radius 2 is 1.74 bits per heavy atom. The topological polar surface area (TPSA) is 40.8 Å². The van der Waals surface area contributed by atoms with Gasteiger partial charge in [0.25, 0.3) is 0 Å². The Kier molecular flexibility index (Phi) is 4.00. The fraction of sp³-hybridized carbons (Fsp3) is 0.250. The number of nitriles is 1. The second-order valence-electron chi connectivity index (χ2n) is 9.61. The summed E-state index contributed by atoms with van der Waals surface area (Å²) in [6.07, 6.45) is 6.96. The van der Waals surface area contributed by atoms with E-state index in [-0.39, 0.29) is 17.6 Å². The number of fused-ring (bicyclic) bond motifs is 3. The van der Waals surface area contributed by atoms with E-state index >= 15 is 0 Å². The first-order valence-corrected chi connectivity index (χ1v) is 12.1. The molecule has 1 fully saturated rings. The summed E-state index contributed by atoms with van der Waals surface area (Å²) in [5.74, 6) is 0.540. The van der Waals surface area contributed by atoms with Gasteiger partial charge in [-0.2, -0.15) is 5.26 Å². The average Bonchev–Trinajstić information content (AvgIpc) is 3.61. The third-order valence-electron chi connectivity index (χ3n) is 7.43. The van der Waals surface area contributed by atoms with Crippen molar-refractivity contribution in [3.05, 3.63) is 89.0 Å². The van der Waals surface area contributed by atoms with Crippen LogP contribution in [-0.2, 0) is 7.05 Å². The molecule has 172 valence electrons. The number of rotatable bonds is 3. The third kappa shape index (κ3) is 3.44. The predicted octanol–water partition coefficient (Wildman–Crippen LogP) is 7.89. The van der Waals surface area contributed by atoms with Gasteiger partial charge in [-0.05, 0) is 67.0 Å². The molecule has 0 aliphatic heterocycles. The summed E-state index contributed by atoms with van der Waals surface area (Å²) in [6, 6.07) is 10.2. The van der Waals surface area contributed by atoms with Crippen molar-refractivity contribution in [1.82, 2.24) is 0 Å². The van der Waals surface area contributed by atoms with E-state index in [1.807, 2.05) is 14.0 Å². The van der Waals surface area contributed by atoms with E-state index in [2.05, 4.69) is 42.0 Å². The lowest BCUT2D eigenvalue weighted by Crippen LogP contribution is -2.31. The Balaban J connectivity index is 1.73. The highest BCUT2D eigenvalue weighted by Gasteiger charge is 2.27. The van der Waals surface area contributed by atoms with E-state index in [1.165, 1.54) is 31.2 Å². The van der Waals surface area contributed by atoms with Crippen LogP contribution >= 0.6 is 0 Å². The molecule has 2 heterocycles. The minimum absolute atomic E-state index is 0.0595. The van der Waals surface area contributed by atoms with E-state index in [4.69, 9.17) is 11.3 Å². The molecule has 1 aliphatic rings. The Labute approximate surface area is 213 Å². The van der Waals surface area contributed by atoms with Crippen molar-refractivity contribution in [3.63, 3.8) is 0 Å². The minimum atomic E-state index is -0.448. The predicted molar refractivity (Wildman–Crippen MR) is 141 cm³/mol. The fourth-order valence-corrected chi connectivity index (χ4v) is 5.74. The zero-order chi connectivity index (χ0) is 28.5. The molecular formula is C32H29N2O+.